The molecule has 2 aromatic carbocycles. The molecule has 156 valence electrons. The normalized spacial score (nSPS) is 15.0. The summed E-state index contributed by atoms with van der Waals surface area (Å²) in [6.07, 6.45) is 1.10. The van der Waals surface area contributed by atoms with Crippen molar-refractivity contribution in [1.29, 1.82) is 0 Å². The molecule has 0 bridgehead atoms. The van der Waals surface area contributed by atoms with Gasteiger partial charge in [-0.25, -0.2) is 9.80 Å². The van der Waals surface area contributed by atoms with Crippen LogP contribution in [0.3, 0.4) is 0 Å². The van der Waals surface area contributed by atoms with Gasteiger partial charge in [0.15, 0.2) is 6.61 Å². The molecular formula is C21H18BrClN2O5. The molecular weight excluding hydrogens is 476 g/mol. The lowest BCUT2D eigenvalue weighted by atomic mass is 10.1. The van der Waals surface area contributed by atoms with Gasteiger partial charge in [0.05, 0.1) is 16.3 Å². The monoisotopic (exact) mass is 492 g/mol. The number of halogens is 2. The predicted molar refractivity (Wildman–Crippen MR) is 116 cm³/mol. The SMILES string of the molecule is CC(C)OC(=O)COc1c(Br)cc(Cl)cc1C=C1C(=O)NN(c2ccccc2)C1=O. The number of hydrogen-bond donors (Lipinski definition) is 1. The van der Waals surface area contributed by atoms with Gasteiger partial charge in [-0.2, -0.15) is 0 Å². The fraction of sp³-hybridized carbons (Fsp3) is 0.190. The van der Waals surface area contributed by atoms with Crippen LogP contribution in [-0.4, -0.2) is 30.5 Å². The van der Waals surface area contributed by atoms with Gasteiger partial charge in [-0.15, -0.1) is 0 Å². The molecule has 2 aromatic rings. The van der Waals surface area contributed by atoms with Crippen molar-refractivity contribution in [2.75, 3.05) is 11.6 Å². The van der Waals surface area contributed by atoms with E-state index in [9.17, 15) is 14.4 Å². The summed E-state index contributed by atoms with van der Waals surface area (Å²) in [6.45, 7) is 3.12. The quantitative estimate of drug-likeness (QED) is 0.375. The fourth-order valence-electron chi connectivity index (χ4n) is 2.74. The highest BCUT2D eigenvalue weighted by molar-refractivity contribution is 9.10. The summed E-state index contributed by atoms with van der Waals surface area (Å²) < 4.78 is 11.1. The van der Waals surface area contributed by atoms with Gasteiger partial charge in [0.2, 0.25) is 0 Å². The van der Waals surface area contributed by atoms with Crippen LogP contribution in [0.25, 0.3) is 6.08 Å². The Morgan fingerprint density at radius 3 is 2.60 bits per heavy atom. The van der Waals surface area contributed by atoms with Gasteiger partial charge < -0.3 is 9.47 Å². The maximum absolute atomic E-state index is 12.8. The minimum absolute atomic E-state index is 0.0948. The van der Waals surface area contributed by atoms with Crippen LogP contribution in [0.1, 0.15) is 19.4 Å². The number of amides is 2. The van der Waals surface area contributed by atoms with E-state index in [1.807, 2.05) is 0 Å². The van der Waals surface area contributed by atoms with Gasteiger partial charge in [-0.3, -0.25) is 15.0 Å². The second-order valence-corrected chi connectivity index (χ2v) is 7.90. The van der Waals surface area contributed by atoms with Gasteiger partial charge in [0.25, 0.3) is 11.8 Å². The number of esters is 1. The molecule has 9 heteroatoms. The summed E-state index contributed by atoms with van der Waals surface area (Å²) in [5.41, 5.74) is 3.32. The van der Waals surface area contributed by atoms with Gasteiger partial charge in [0, 0.05) is 10.6 Å². The maximum atomic E-state index is 12.8. The average Bonchev–Trinajstić information content (AvgIpc) is 2.95. The van der Waals surface area contributed by atoms with Crippen molar-refractivity contribution < 1.29 is 23.9 Å². The smallest absolute Gasteiger partial charge is 0.344 e. The summed E-state index contributed by atoms with van der Waals surface area (Å²) in [5.74, 6) is -1.38. The van der Waals surface area contributed by atoms with Gasteiger partial charge in [0.1, 0.15) is 11.3 Å². The average molecular weight is 494 g/mol. The van der Waals surface area contributed by atoms with Crippen LogP contribution in [0.5, 0.6) is 5.75 Å². The van der Waals surface area contributed by atoms with Crippen LogP contribution in [-0.2, 0) is 19.1 Å². The summed E-state index contributed by atoms with van der Waals surface area (Å²) in [5, 5.41) is 1.52. The Balaban J connectivity index is 1.91. The Hall–Kier alpha value is -2.84. The van der Waals surface area contributed by atoms with Crippen LogP contribution in [0.4, 0.5) is 5.69 Å². The second-order valence-electron chi connectivity index (χ2n) is 6.61. The van der Waals surface area contributed by atoms with Crippen molar-refractivity contribution in [3.63, 3.8) is 0 Å². The summed E-state index contributed by atoms with van der Waals surface area (Å²) in [4.78, 5) is 37.1. The molecule has 3 rings (SSSR count). The number of carbonyl (C=O) groups excluding carboxylic acids is 3. The predicted octanol–water partition coefficient (Wildman–Crippen LogP) is 3.89. The van der Waals surface area contributed by atoms with E-state index in [2.05, 4.69) is 21.4 Å². The Labute approximate surface area is 186 Å². The third kappa shape index (κ3) is 5.01. The van der Waals surface area contributed by atoms with Crippen molar-refractivity contribution in [2.45, 2.75) is 20.0 Å². The number of para-hydroxylation sites is 1. The van der Waals surface area contributed by atoms with E-state index in [4.69, 9.17) is 21.1 Å². The molecule has 1 heterocycles. The Morgan fingerprint density at radius 1 is 1.23 bits per heavy atom. The number of hydrazine groups is 1. The molecule has 1 N–H and O–H groups in total. The highest BCUT2D eigenvalue weighted by Crippen LogP contribution is 2.35. The van der Waals surface area contributed by atoms with Crippen LogP contribution in [0.2, 0.25) is 5.02 Å². The van der Waals surface area contributed by atoms with Crippen molar-refractivity contribution in [1.82, 2.24) is 5.43 Å². The minimum atomic E-state index is -0.565. The first-order valence-electron chi connectivity index (χ1n) is 8.99. The molecule has 1 aliphatic rings. The van der Waals surface area contributed by atoms with E-state index in [1.165, 1.54) is 12.1 Å². The van der Waals surface area contributed by atoms with E-state index in [-0.39, 0.29) is 24.0 Å². The maximum Gasteiger partial charge on any atom is 0.344 e. The first-order valence-corrected chi connectivity index (χ1v) is 10.2. The fourth-order valence-corrected chi connectivity index (χ4v) is 3.69. The lowest BCUT2D eigenvalue weighted by Gasteiger charge is -2.14. The van der Waals surface area contributed by atoms with Crippen molar-refractivity contribution >= 4 is 57.1 Å². The summed E-state index contributed by atoms with van der Waals surface area (Å²) in [7, 11) is 0. The molecule has 0 saturated carbocycles. The molecule has 0 spiro atoms. The molecule has 0 aliphatic carbocycles. The molecule has 30 heavy (non-hydrogen) atoms. The van der Waals surface area contributed by atoms with E-state index < -0.39 is 17.8 Å². The van der Waals surface area contributed by atoms with Crippen LogP contribution in [0, 0.1) is 0 Å². The molecule has 1 fully saturated rings. The summed E-state index contributed by atoms with van der Waals surface area (Å²) >= 11 is 9.47. The summed E-state index contributed by atoms with van der Waals surface area (Å²) in [6, 6.07) is 11.8. The molecule has 0 unspecified atom stereocenters. The largest absolute Gasteiger partial charge is 0.480 e. The zero-order chi connectivity index (χ0) is 21.8. The van der Waals surface area contributed by atoms with E-state index in [0.29, 0.717) is 20.7 Å². The number of benzene rings is 2. The zero-order valence-electron chi connectivity index (χ0n) is 16.1. The molecule has 1 aliphatic heterocycles. The first-order chi connectivity index (χ1) is 14.3. The third-order valence-electron chi connectivity index (χ3n) is 3.94. The number of nitrogens with one attached hydrogen (secondary N) is 1. The van der Waals surface area contributed by atoms with Crippen molar-refractivity contribution in [3.05, 3.63) is 63.1 Å². The van der Waals surface area contributed by atoms with E-state index in [1.54, 1.807) is 50.2 Å². The lowest BCUT2D eigenvalue weighted by Crippen LogP contribution is -2.35. The molecule has 1 saturated heterocycles. The molecule has 0 atom stereocenters. The topological polar surface area (TPSA) is 84.9 Å². The zero-order valence-corrected chi connectivity index (χ0v) is 18.5. The number of hydrogen-bond acceptors (Lipinski definition) is 5. The number of rotatable bonds is 6. The number of carbonyl (C=O) groups is 3. The highest BCUT2D eigenvalue weighted by Gasteiger charge is 2.34. The highest BCUT2D eigenvalue weighted by atomic mass is 79.9. The number of ether oxygens (including phenoxy) is 2. The van der Waals surface area contributed by atoms with Gasteiger partial charge in [-0.05, 0) is 60.1 Å². The molecule has 7 nitrogen and oxygen atoms in total. The first kappa shape index (κ1) is 21.9. The lowest BCUT2D eigenvalue weighted by molar-refractivity contribution is -0.149. The van der Waals surface area contributed by atoms with Gasteiger partial charge >= 0.3 is 5.97 Å². The van der Waals surface area contributed by atoms with Gasteiger partial charge in [-0.1, -0.05) is 29.8 Å². The molecule has 2 amide bonds. The minimum Gasteiger partial charge on any atom is -0.480 e. The van der Waals surface area contributed by atoms with Crippen LogP contribution in [0.15, 0.2) is 52.5 Å². The molecule has 0 radical (unpaired) electrons. The Kier molecular flexibility index (Phi) is 6.79. The van der Waals surface area contributed by atoms with Crippen LogP contribution >= 0.6 is 27.5 Å². The van der Waals surface area contributed by atoms with Crippen molar-refractivity contribution in [3.8, 4) is 5.75 Å². The second kappa shape index (κ2) is 9.32. The number of anilines is 1. The van der Waals surface area contributed by atoms with E-state index in [0.717, 1.165) is 5.01 Å². The Bertz CT molecular complexity index is 1020. The molecule has 0 aromatic heterocycles. The van der Waals surface area contributed by atoms with Crippen molar-refractivity contribution in [2.24, 2.45) is 0 Å². The van der Waals surface area contributed by atoms with E-state index >= 15 is 0 Å². The number of nitrogens with zero attached hydrogens (tertiary/aromatic N) is 1. The Morgan fingerprint density at radius 2 is 1.93 bits per heavy atom. The standard InChI is InChI=1S/C21H18BrClN2O5/c1-12(2)30-18(26)11-29-19-13(8-14(23)10-17(19)22)9-16-20(27)24-25(21(16)28)15-6-4-3-5-7-15/h3-10,12H,11H2,1-2H3,(H,24,27). The third-order valence-corrected chi connectivity index (χ3v) is 4.75. The van der Waals surface area contributed by atoms with Crippen LogP contribution < -0.4 is 15.2 Å².